The molecule has 0 unspecified atom stereocenters. The second kappa shape index (κ2) is 8.99. The lowest BCUT2D eigenvalue weighted by atomic mass is 10.2. The van der Waals surface area contributed by atoms with Crippen molar-refractivity contribution in [2.45, 2.75) is 26.3 Å². The zero-order valence-electron chi connectivity index (χ0n) is 18.0. The third-order valence-electron chi connectivity index (χ3n) is 4.64. The van der Waals surface area contributed by atoms with Gasteiger partial charge in [-0.25, -0.2) is 27.2 Å². The maximum absolute atomic E-state index is 14.2. The standard InChI is InChI=1S/C20H23F2N7O2S/c1-13-10-23-9-7-16(13)27-19-26-12-15(20(2,21)22)17(28-19)25-11-14-6-5-8-24-18(14)29(3)32(4,30)31/h5-10,12H,11H2,1-4H3,(H2,23,25,26,27,28). The molecule has 0 radical (unpaired) electrons. The first kappa shape index (κ1) is 23.3. The number of aryl methyl sites for hydroxylation is 1. The summed E-state index contributed by atoms with van der Waals surface area (Å²) in [5.41, 5.74) is 1.62. The molecule has 0 aromatic carbocycles. The number of rotatable bonds is 8. The molecule has 0 saturated carbocycles. The van der Waals surface area contributed by atoms with Gasteiger partial charge in [0.15, 0.2) is 0 Å². The van der Waals surface area contributed by atoms with Crippen LogP contribution in [0.1, 0.15) is 23.6 Å². The second-order valence-electron chi connectivity index (χ2n) is 7.23. The van der Waals surface area contributed by atoms with Crippen LogP contribution < -0.4 is 14.9 Å². The van der Waals surface area contributed by atoms with Gasteiger partial charge in [-0.15, -0.1) is 0 Å². The van der Waals surface area contributed by atoms with E-state index in [0.29, 0.717) is 11.3 Å². The molecule has 0 aliphatic carbocycles. The van der Waals surface area contributed by atoms with E-state index in [1.54, 1.807) is 30.6 Å². The number of pyridine rings is 2. The van der Waals surface area contributed by atoms with Gasteiger partial charge in [-0.1, -0.05) is 6.07 Å². The van der Waals surface area contributed by atoms with Gasteiger partial charge < -0.3 is 10.6 Å². The van der Waals surface area contributed by atoms with E-state index in [0.717, 1.165) is 29.2 Å². The smallest absolute Gasteiger partial charge is 0.275 e. The maximum Gasteiger partial charge on any atom is 0.275 e. The van der Waals surface area contributed by atoms with Gasteiger partial charge in [-0.2, -0.15) is 4.98 Å². The van der Waals surface area contributed by atoms with Gasteiger partial charge in [0, 0.05) is 56.6 Å². The van der Waals surface area contributed by atoms with Crippen molar-refractivity contribution in [3.05, 3.63) is 59.7 Å². The topological polar surface area (TPSA) is 113 Å². The fourth-order valence-electron chi connectivity index (χ4n) is 2.82. The molecule has 0 saturated heterocycles. The Morgan fingerprint density at radius 3 is 2.56 bits per heavy atom. The molecular formula is C20H23F2N7O2S. The third kappa shape index (κ3) is 5.44. The van der Waals surface area contributed by atoms with Gasteiger partial charge in [0.25, 0.3) is 5.92 Å². The van der Waals surface area contributed by atoms with Gasteiger partial charge in [-0.3, -0.25) is 9.29 Å². The van der Waals surface area contributed by atoms with Gasteiger partial charge >= 0.3 is 0 Å². The highest BCUT2D eigenvalue weighted by Crippen LogP contribution is 2.33. The molecule has 32 heavy (non-hydrogen) atoms. The van der Waals surface area contributed by atoms with Crippen LogP contribution in [0, 0.1) is 6.92 Å². The Labute approximate surface area is 185 Å². The normalized spacial score (nSPS) is 11.8. The highest BCUT2D eigenvalue weighted by molar-refractivity contribution is 7.92. The van der Waals surface area contributed by atoms with E-state index in [-0.39, 0.29) is 24.1 Å². The van der Waals surface area contributed by atoms with Crippen molar-refractivity contribution >= 4 is 33.3 Å². The van der Waals surface area contributed by atoms with Crippen LogP contribution in [0.2, 0.25) is 0 Å². The minimum absolute atomic E-state index is 0.0108. The number of nitrogens with zero attached hydrogens (tertiary/aromatic N) is 5. The molecule has 3 aromatic heterocycles. The van der Waals surface area contributed by atoms with E-state index in [4.69, 9.17) is 0 Å². The Bertz CT molecular complexity index is 1220. The molecule has 170 valence electrons. The summed E-state index contributed by atoms with van der Waals surface area (Å²) < 4.78 is 53.2. The monoisotopic (exact) mass is 463 g/mol. The van der Waals surface area contributed by atoms with E-state index in [2.05, 4.69) is 30.6 Å². The van der Waals surface area contributed by atoms with Crippen LogP contribution in [0.25, 0.3) is 0 Å². The molecule has 0 fully saturated rings. The molecule has 3 heterocycles. The number of sulfonamides is 1. The quantitative estimate of drug-likeness (QED) is 0.522. The predicted molar refractivity (Wildman–Crippen MR) is 119 cm³/mol. The SMILES string of the molecule is Cc1cnccc1Nc1ncc(C(C)(F)F)c(NCc2cccnc2N(C)S(C)(=O)=O)n1. The number of nitrogens with one attached hydrogen (secondary N) is 2. The van der Waals surface area contributed by atoms with Gasteiger partial charge in [0.05, 0.1) is 11.8 Å². The summed E-state index contributed by atoms with van der Waals surface area (Å²) in [6.07, 6.45) is 6.80. The Morgan fingerprint density at radius 1 is 1.16 bits per heavy atom. The van der Waals surface area contributed by atoms with Crippen LogP contribution in [0.5, 0.6) is 0 Å². The van der Waals surface area contributed by atoms with Gasteiger partial charge in [0.1, 0.15) is 11.6 Å². The minimum Gasteiger partial charge on any atom is -0.365 e. The fraction of sp³-hybridized carbons (Fsp3) is 0.300. The highest BCUT2D eigenvalue weighted by Gasteiger charge is 2.30. The van der Waals surface area contributed by atoms with Crippen molar-refractivity contribution in [3.8, 4) is 0 Å². The molecule has 3 aromatic rings. The summed E-state index contributed by atoms with van der Waals surface area (Å²) >= 11 is 0. The summed E-state index contributed by atoms with van der Waals surface area (Å²) in [7, 11) is -2.18. The van der Waals surface area contributed by atoms with Crippen molar-refractivity contribution in [1.82, 2.24) is 19.9 Å². The lowest BCUT2D eigenvalue weighted by Gasteiger charge is -2.20. The first-order valence-corrected chi connectivity index (χ1v) is 11.4. The number of aromatic nitrogens is 4. The van der Waals surface area contributed by atoms with Crippen molar-refractivity contribution in [3.63, 3.8) is 0 Å². The van der Waals surface area contributed by atoms with Gasteiger partial charge in [0.2, 0.25) is 16.0 Å². The molecular weight excluding hydrogens is 440 g/mol. The number of hydrogen-bond donors (Lipinski definition) is 2. The predicted octanol–water partition coefficient (Wildman–Crippen LogP) is 3.44. The van der Waals surface area contributed by atoms with Crippen LogP contribution in [0.4, 0.5) is 32.1 Å². The molecule has 0 aliphatic rings. The lowest BCUT2D eigenvalue weighted by Crippen LogP contribution is -2.27. The number of anilines is 4. The lowest BCUT2D eigenvalue weighted by molar-refractivity contribution is 0.0176. The average molecular weight is 464 g/mol. The molecule has 0 spiro atoms. The average Bonchev–Trinajstić information content (AvgIpc) is 2.72. The summed E-state index contributed by atoms with van der Waals surface area (Å²) in [5.74, 6) is -2.98. The molecule has 12 heteroatoms. The van der Waals surface area contributed by atoms with E-state index in [1.165, 1.54) is 13.2 Å². The third-order valence-corrected chi connectivity index (χ3v) is 5.81. The van der Waals surface area contributed by atoms with E-state index in [9.17, 15) is 17.2 Å². The maximum atomic E-state index is 14.2. The molecule has 3 rings (SSSR count). The highest BCUT2D eigenvalue weighted by atomic mass is 32.2. The molecule has 0 aliphatic heterocycles. The van der Waals surface area contributed by atoms with Crippen LogP contribution in [0.15, 0.2) is 43.0 Å². The molecule has 0 atom stereocenters. The van der Waals surface area contributed by atoms with Crippen LogP contribution in [0.3, 0.4) is 0 Å². The molecule has 0 amide bonds. The van der Waals surface area contributed by atoms with Crippen LogP contribution in [-0.2, 0) is 22.5 Å². The summed E-state index contributed by atoms with van der Waals surface area (Å²) in [6, 6.07) is 5.00. The largest absolute Gasteiger partial charge is 0.365 e. The van der Waals surface area contributed by atoms with Crippen molar-refractivity contribution in [2.75, 3.05) is 28.2 Å². The van der Waals surface area contributed by atoms with Gasteiger partial charge in [-0.05, 0) is 24.6 Å². The number of hydrogen-bond acceptors (Lipinski definition) is 8. The second-order valence-corrected chi connectivity index (χ2v) is 9.24. The van der Waals surface area contributed by atoms with E-state index >= 15 is 0 Å². The zero-order chi connectivity index (χ0) is 23.5. The Morgan fingerprint density at radius 2 is 1.91 bits per heavy atom. The first-order valence-electron chi connectivity index (χ1n) is 9.51. The summed E-state index contributed by atoms with van der Waals surface area (Å²) in [6.45, 7) is 2.60. The first-order chi connectivity index (χ1) is 15.0. The zero-order valence-corrected chi connectivity index (χ0v) is 18.8. The van der Waals surface area contributed by atoms with Crippen molar-refractivity contribution in [1.29, 1.82) is 0 Å². The van der Waals surface area contributed by atoms with E-state index < -0.39 is 21.5 Å². The summed E-state index contributed by atoms with van der Waals surface area (Å²) in [4.78, 5) is 16.4. The molecule has 9 nitrogen and oxygen atoms in total. The van der Waals surface area contributed by atoms with Crippen molar-refractivity contribution < 1.29 is 17.2 Å². The molecule has 0 bridgehead atoms. The number of alkyl halides is 2. The van der Waals surface area contributed by atoms with E-state index in [1.807, 2.05) is 6.92 Å². The Hall–Kier alpha value is -3.41. The Balaban J connectivity index is 1.93. The van der Waals surface area contributed by atoms with Crippen LogP contribution in [-0.4, -0.2) is 41.7 Å². The molecule has 2 N–H and O–H groups in total. The summed E-state index contributed by atoms with van der Waals surface area (Å²) in [5, 5.41) is 5.87. The number of halogens is 2. The van der Waals surface area contributed by atoms with Crippen LogP contribution >= 0.6 is 0 Å². The minimum atomic E-state index is -3.56. The Kier molecular flexibility index (Phi) is 6.53. The fourth-order valence-corrected chi connectivity index (χ4v) is 3.30. The van der Waals surface area contributed by atoms with Crippen molar-refractivity contribution in [2.24, 2.45) is 0 Å².